The molecular weight excluding hydrogens is 232 g/mol. The number of hydrogen-bond donors (Lipinski definition) is 1. The minimum absolute atomic E-state index is 0.282. The number of rotatable bonds is 1. The van der Waals surface area contributed by atoms with Crippen LogP contribution in [0.3, 0.4) is 0 Å². The fourth-order valence-electron chi connectivity index (χ4n) is 2.86. The molecule has 0 aromatic heterocycles. The van der Waals surface area contributed by atoms with Gasteiger partial charge in [0.25, 0.3) is 0 Å². The van der Waals surface area contributed by atoms with Crippen LogP contribution < -0.4 is 5.32 Å². The lowest BCUT2D eigenvalue weighted by Gasteiger charge is -2.38. The Morgan fingerprint density at radius 3 is 2.29 bits per heavy atom. The van der Waals surface area contributed by atoms with E-state index in [4.69, 9.17) is 17.0 Å². The van der Waals surface area contributed by atoms with Crippen LogP contribution in [0.15, 0.2) is 0 Å². The van der Waals surface area contributed by atoms with E-state index in [1.54, 1.807) is 0 Å². The van der Waals surface area contributed by atoms with Crippen molar-refractivity contribution in [3.8, 4) is 0 Å². The molecule has 4 heteroatoms. The summed E-state index contributed by atoms with van der Waals surface area (Å²) < 4.78 is 5.73. The summed E-state index contributed by atoms with van der Waals surface area (Å²) in [6.45, 7) is 6.07. The van der Waals surface area contributed by atoms with Crippen molar-refractivity contribution in [3.63, 3.8) is 0 Å². The van der Waals surface area contributed by atoms with Crippen LogP contribution in [0.1, 0.15) is 46.0 Å². The molecule has 2 rings (SSSR count). The lowest BCUT2D eigenvalue weighted by molar-refractivity contribution is -0.0483. The van der Waals surface area contributed by atoms with E-state index in [2.05, 4.69) is 24.1 Å². The standard InChI is InChI=1S/C13H24N2OS/c1-10-8-15(9-11(2)16-10)13(17)14-12-6-4-3-5-7-12/h10-12H,3-9H2,1-2H3,(H,14,17)/t10-,11-/m1/s1. The Kier molecular flexibility index (Phi) is 4.62. The van der Waals surface area contributed by atoms with Gasteiger partial charge in [0.1, 0.15) is 0 Å². The Morgan fingerprint density at radius 1 is 1.12 bits per heavy atom. The van der Waals surface area contributed by atoms with Gasteiger partial charge in [-0.1, -0.05) is 19.3 Å². The molecule has 3 nitrogen and oxygen atoms in total. The van der Waals surface area contributed by atoms with Gasteiger partial charge in [0, 0.05) is 19.1 Å². The largest absolute Gasteiger partial charge is 0.372 e. The van der Waals surface area contributed by atoms with Gasteiger partial charge in [0.2, 0.25) is 0 Å². The van der Waals surface area contributed by atoms with Gasteiger partial charge < -0.3 is 15.0 Å². The van der Waals surface area contributed by atoms with Crippen LogP contribution in [-0.4, -0.2) is 41.4 Å². The third kappa shape index (κ3) is 3.81. The first-order valence-corrected chi connectivity index (χ1v) is 7.27. The summed E-state index contributed by atoms with van der Waals surface area (Å²) in [7, 11) is 0. The Morgan fingerprint density at radius 2 is 1.71 bits per heavy atom. The molecule has 0 aromatic rings. The Bertz CT molecular complexity index is 256. The maximum Gasteiger partial charge on any atom is 0.169 e. The van der Waals surface area contributed by atoms with Gasteiger partial charge in [-0.05, 0) is 38.9 Å². The SMILES string of the molecule is C[C@@H]1CN(C(=S)NC2CCCCC2)C[C@@H](C)O1. The van der Waals surface area contributed by atoms with Crippen molar-refractivity contribution < 1.29 is 4.74 Å². The van der Waals surface area contributed by atoms with Gasteiger partial charge >= 0.3 is 0 Å². The van der Waals surface area contributed by atoms with Crippen LogP contribution in [0.2, 0.25) is 0 Å². The zero-order valence-corrected chi connectivity index (χ0v) is 11.8. The highest BCUT2D eigenvalue weighted by Gasteiger charge is 2.25. The van der Waals surface area contributed by atoms with E-state index in [0.717, 1.165) is 18.2 Å². The first-order valence-electron chi connectivity index (χ1n) is 6.86. The summed E-state index contributed by atoms with van der Waals surface area (Å²) in [5, 5.41) is 4.46. The topological polar surface area (TPSA) is 24.5 Å². The molecule has 0 amide bonds. The second kappa shape index (κ2) is 6.01. The van der Waals surface area contributed by atoms with Crippen LogP contribution in [-0.2, 0) is 4.74 Å². The van der Waals surface area contributed by atoms with Gasteiger partial charge in [-0.15, -0.1) is 0 Å². The van der Waals surface area contributed by atoms with Crippen molar-refractivity contribution in [2.45, 2.75) is 64.2 Å². The second-order valence-corrected chi connectivity index (χ2v) is 5.83. The molecule has 1 N–H and O–H groups in total. The Balaban J connectivity index is 1.81. The second-order valence-electron chi connectivity index (χ2n) is 5.45. The molecule has 98 valence electrons. The fourth-order valence-corrected chi connectivity index (χ4v) is 3.17. The van der Waals surface area contributed by atoms with Crippen LogP contribution in [0.4, 0.5) is 0 Å². The van der Waals surface area contributed by atoms with Crippen molar-refractivity contribution in [1.82, 2.24) is 10.2 Å². The summed E-state index contributed by atoms with van der Waals surface area (Å²) in [6.07, 6.45) is 7.18. The van der Waals surface area contributed by atoms with Gasteiger partial charge in [0.15, 0.2) is 5.11 Å². The van der Waals surface area contributed by atoms with Crippen LogP contribution >= 0.6 is 12.2 Å². The van der Waals surface area contributed by atoms with Crippen LogP contribution in [0, 0.1) is 0 Å². The maximum absolute atomic E-state index is 5.73. The zero-order chi connectivity index (χ0) is 12.3. The first kappa shape index (κ1) is 13.1. The summed E-state index contributed by atoms with van der Waals surface area (Å²) in [5.74, 6) is 0. The molecule has 0 aromatic carbocycles. The Labute approximate surface area is 110 Å². The molecule has 1 saturated carbocycles. The summed E-state index contributed by atoms with van der Waals surface area (Å²) in [6, 6.07) is 0.602. The van der Waals surface area contributed by atoms with Crippen molar-refractivity contribution in [2.75, 3.05) is 13.1 Å². The highest BCUT2D eigenvalue weighted by Crippen LogP contribution is 2.18. The summed E-state index contributed by atoms with van der Waals surface area (Å²) >= 11 is 5.52. The van der Waals surface area contributed by atoms with Gasteiger partial charge in [-0.25, -0.2) is 0 Å². The van der Waals surface area contributed by atoms with E-state index in [0.29, 0.717) is 6.04 Å². The zero-order valence-electron chi connectivity index (χ0n) is 10.9. The molecule has 0 spiro atoms. The summed E-state index contributed by atoms with van der Waals surface area (Å²) in [5.41, 5.74) is 0. The molecule has 2 atom stereocenters. The molecule has 0 bridgehead atoms. The van der Waals surface area contributed by atoms with E-state index < -0.39 is 0 Å². The van der Waals surface area contributed by atoms with E-state index in [1.807, 2.05) is 0 Å². The fraction of sp³-hybridized carbons (Fsp3) is 0.923. The number of hydrogen-bond acceptors (Lipinski definition) is 2. The van der Waals surface area contributed by atoms with Gasteiger partial charge in [-0.3, -0.25) is 0 Å². The maximum atomic E-state index is 5.73. The predicted molar refractivity (Wildman–Crippen MR) is 74.2 cm³/mol. The third-order valence-corrected chi connectivity index (χ3v) is 4.02. The van der Waals surface area contributed by atoms with Crippen molar-refractivity contribution in [2.24, 2.45) is 0 Å². The average Bonchev–Trinajstić information content (AvgIpc) is 2.29. The van der Waals surface area contributed by atoms with E-state index in [1.165, 1.54) is 32.1 Å². The number of ether oxygens (including phenoxy) is 1. The Hall–Kier alpha value is -0.350. The molecule has 2 fully saturated rings. The molecule has 1 aliphatic heterocycles. The molecule has 17 heavy (non-hydrogen) atoms. The molecule has 1 aliphatic carbocycles. The number of thiocarbonyl (C=S) groups is 1. The number of morpholine rings is 1. The van der Waals surface area contributed by atoms with E-state index in [9.17, 15) is 0 Å². The van der Waals surface area contributed by atoms with Crippen molar-refractivity contribution >= 4 is 17.3 Å². The van der Waals surface area contributed by atoms with Gasteiger partial charge in [0.05, 0.1) is 12.2 Å². The number of nitrogens with one attached hydrogen (secondary N) is 1. The molecule has 0 unspecified atom stereocenters. The lowest BCUT2D eigenvalue weighted by atomic mass is 9.96. The minimum atomic E-state index is 0.282. The third-order valence-electron chi connectivity index (χ3n) is 3.64. The van der Waals surface area contributed by atoms with Gasteiger partial charge in [-0.2, -0.15) is 0 Å². The first-order chi connectivity index (χ1) is 8.15. The van der Waals surface area contributed by atoms with E-state index in [-0.39, 0.29) is 12.2 Å². The molecule has 1 saturated heterocycles. The summed E-state index contributed by atoms with van der Waals surface area (Å²) in [4.78, 5) is 2.27. The normalized spacial score (nSPS) is 31.3. The van der Waals surface area contributed by atoms with E-state index >= 15 is 0 Å². The van der Waals surface area contributed by atoms with Crippen molar-refractivity contribution in [1.29, 1.82) is 0 Å². The predicted octanol–water partition coefficient (Wildman–Crippen LogP) is 2.30. The smallest absolute Gasteiger partial charge is 0.169 e. The highest BCUT2D eigenvalue weighted by molar-refractivity contribution is 7.80. The molecule has 2 aliphatic rings. The monoisotopic (exact) mass is 256 g/mol. The molecule has 1 heterocycles. The molecular formula is C13H24N2OS. The highest BCUT2D eigenvalue weighted by atomic mass is 32.1. The quantitative estimate of drug-likeness (QED) is 0.728. The lowest BCUT2D eigenvalue weighted by Crippen LogP contribution is -2.53. The average molecular weight is 256 g/mol. The van der Waals surface area contributed by atoms with Crippen LogP contribution in [0.5, 0.6) is 0 Å². The number of nitrogens with zero attached hydrogens (tertiary/aromatic N) is 1. The van der Waals surface area contributed by atoms with Crippen molar-refractivity contribution in [3.05, 3.63) is 0 Å². The molecule has 0 radical (unpaired) electrons. The van der Waals surface area contributed by atoms with Crippen LogP contribution in [0.25, 0.3) is 0 Å². The minimum Gasteiger partial charge on any atom is -0.372 e.